The van der Waals surface area contributed by atoms with Gasteiger partial charge in [0.2, 0.25) is 10.0 Å². The van der Waals surface area contributed by atoms with Crippen molar-refractivity contribution in [2.45, 2.75) is 24.7 Å². The van der Waals surface area contributed by atoms with Crippen LogP contribution in [0.2, 0.25) is 0 Å². The zero-order chi connectivity index (χ0) is 14.8. The van der Waals surface area contributed by atoms with Crippen molar-refractivity contribution in [3.05, 3.63) is 30.3 Å². The van der Waals surface area contributed by atoms with E-state index in [0.717, 1.165) is 0 Å². The number of oxime groups is 1. The van der Waals surface area contributed by atoms with Gasteiger partial charge in [-0.25, -0.2) is 8.42 Å². The second-order valence-corrected chi connectivity index (χ2v) is 7.20. The molecule has 1 aromatic rings. The van der Waals surface area contributed by atoms with Gasteiger partial charge in [0.05, 0.1) is 4.90 Å². The van der Waals surface area contributed by atoms with Crippen molar-refractivity contribution in [2.24, 2.45) is 16.3 Å². The van der Waals surface area contributed by atoms with Crippen molar-refractivity contribution in [1.82, 2.24) is 4.31 Å². The molecular formula is C13H19N3O3S. The van der Waals surface area contributed by atoms with Crippen LogP contribution >= 0.6 is 0 Å². The van der Waals surface area contributed by atoms with E-state index in [1.54, 1.807) is 30.3 Å². The van der Waals surface area contributed by atoms with Gasteiger partial charge in [-0.15, -0.1) is 0 Å². The van der Waals surface area contributed by atoms with Crippen LogP contribution in [0, 0.1) is 5.41 Å². The quantitative estimate of drug-likeness (QED) is 0.379. The Bertz CT molecular complexity index is 591. The lowest BCUT2D eigenvalue weighted by Gasteiger charge is -2.37. The van der Waals surface area contributed by atoms with Gasteiger partial charge in [-0.05, 0) is 25.0 Å². The Labute approximate surface area is 118 Å². The first-order valence-corrected chi connectivity index (χ1v) is 7.87. The first kappa shape index (κ1) is 14.8. The maximum absolute atomic E-state index is 12.5. The van der Waals surface area contributed by atoms with E-state index >= 15 is 0 Å². The molecule has 0 radical (unpaired) electrons. The van der Waals surface area contributed by atoms with Crippen LogP contribution in [0.15, 0.2) is 40.4 Å². The first-order chi connectivity index (χ1) is 9.40. The van der Waals surface area contributed by atoms with Crippen LogP contribution in [0.5, 0.6) is 0 Å². The van der Waals surface area contributed by atoms with Crippen molar-refractivity contribution in [3.8, 4) is 0 Å². The molecule has 20 heavy (non-hydrogen) atoms. The minimum Gasteiger partial charge on any atom is -0.409 e. The molecule has 110 valence electrons. The lowest BCUT2D eigenvalue weighted by atomic mass is 9.80. The molecule has 1 heterocycles. The lowest BCUT2D eigenvalue weighted by Crippen LogP contribution is -2.47. The molecule has 0 amide bonds. The van der Waals surface area contributed by atoms with Crippen LogP contribution in [-0.4, -0.2) is 36.9 Å². The van der Waals surface area contributed by atoms with Crippen molar-refractivity contribution in [3.63, 3.8) is 0 Å². The van der Waals surface area contributed by atoms with E-state index in [4.69, 9.17) is 10.9 Å². The molecule has 1 fully saturated rings. The third-order valence-corrected chi connectivity index (χ3v) is 5.85. The highest BCUT2D eigenvalue weighted by atomic mass is 32.2. The third kappa shape index (κ3) is 2.64. The molecule has 1 aliphatic rings. The Morgan fingerprint density at radius 1 is 1.30 bits per heavy atom. The summed E-state index contributed by atoms with van der Waals surface area (Å²) in [5, 5.41) is 11.8. The standard InChI is InChI=1S/C13H19N3O3S/c1-13(12(14)15-17)7-9-16(10-8-13)20(18,19)11-5-3-2-4-6-11/h2-6,17H,7-10H2,1H3,(H2,14,15). The Morgan fingerprint density at radius 3 is 2.35 bits per heavy atom. The molecule has 0 bridgehead atoms. The Kier molecular flexibility index (Phi) is 4.01. The molecule has 0 atom stereocenters. The number of benzene rings is 1. The monoisotopic (exact) mass is 297 g/mol. The number of amidine groups is 1. The number of piperidine rings is 1. The van der Waals surface area contributed by atoms with E-state index in [1.165, 1.54) is 4.31 Å². The third-order valence-electron chi connectivity index (χ3n) is 3.93. The van der Waals surface area contributed by atoms with Gasteiger partial charge in [0.15, 0.2) is 0 Å². The summed E-state index contributed by atoms with van der Waals surface area (Å²) < 4.78 is 26.4. The van der Waals surface area contributed by atoms with Gasteiger partial charge in [-0.2, -0.15) is 4.31 Å². The Hall–Kier alpha value is -1.60. The van der Waals surface area contributed by atoms with E-state index in [-0.39, 0.29) is 5.84 Å². The van der Waals surface area contributed by atoms with E-state index < -0.39 is 15.4 Å². The van der Waals surface area contributed by atoms with Gasteiger partial charge in [-0.1, -0.05) is 30.3 Å². The Morgan fingerprint density at radius 2 is 1.85 bits per heavy atom. The Balaban J connectivity index is 2.16. The van der Waals surface area contributed by atoms with E-state index in [9.17, 15) is 8.42 Å². The van der Waals surface area contributed by atoms with Crippen LogP contribution in [0.25, 0.3) is 0 Å². The second-order valence-electron chi connectivity index (χ2n) is 5.26. The summed E-state index contributed by atoms with van der Waals surface area (Å²) >= 11 is 0. The molecule has 2 rings (SSSR count). The minimum atomic E-state index is -3.45. The van der Waals surface area contributed by atoms with Crippen molar-refractivity contribution in [2.75, 3.05) is 13.1 Å². The summed E-state index contributed by atoms with van der Waals surface area (Å²) in [5.41, 5.74) is 5.23. The minimum absolute atomic E-state index is 0.161. The molecule has 6 nitrogen and oxygen atoms in total. The van der Waals surface area contributed by atoms with E-state index in [2.05, 4.69) is 5.16 Å². The second kappa shape index (κ2) is 5.41. The highest BCUT2D eigenvalue weighted by Gasteiger charge is 2.38. The van der Waals surface area contributed by atoms with Gasteiger partial charge >= 0.3 is 0 Å². The number of sulfonamides is 1. The number of rotatable bonds is 3. The molecule has 1 aromatic carbocycles. The molecule has 0 aromatic heterocycles. The van der Waals surface area contributed by atoms with Gasteiger partial charge in [0.1, 0.15) is 5.84 Å². The number of hydrogen-bond donors (Lipinski definition) is 2. The maximum atomic E-state index is 12.5. The zero-order valence-corrected chi connectivity index (χ0v) is 12.2. The van der Waals surface area contributed by atoms with Gasteiger partial charge in [-0.3, -0.25) is 0 Å². The average molecular weight is 297 g/mol. The molecule has 3 N–H and O–H groups in total. The fourth-order valence-corrected chi connectivity index (χ4v) is 3.80. The first-order valence-electron chi connectivity index (χ1n) is 6.43. The fourth-order valence-electron chi connectivity index (χ4n) is 2.34. The summed E-state index contributed by atoms with van der Waals surface area (Å²) in [6.07, 6.45) is 1.07. The van der Waals surface area contributed by atoms with E-state index in [1.807, 2.05) is 6.92 Å². The summed E-state index contributed by atoms with van der Waals surface area (Å²) in [6, 6.07) is 8.37. The van der Waals surface area contributed by atoms with Gasteiger partial charge < -0.3 is 10.9 Å². The lowest BCUT2D eigenvalue weighted by molar-refractivity contribution is 0.230. The summed E-state index contributed by atoms with van der Waals surface area (Å²) in [7, 11) is -3.45. The fraction of sp³-hybridized carbons (Fsp3) is 0.462. The summed E-state index contributed by atoms with van der Waals surface area (Å²) in [4.78, 5) is 0.299. The normalized spacial score (nSPS) is 20.8. The average Bonchev–Trinajstić information content (AvgIpc) is 2.47. The zero-order valence-electron chi connectivity index (χ0n) is 11.4. The predicted molar refractivity (Wildman–Crippen MR) is 76.0 cm³/mol. The molecule has 1 aliphatic heterocycles. The highest BCUT2D eigenvalue weighted by Crippen LogP contribution is 2.33. The molecule has 0 spiro atoms. The van der Waals surface area contributed by atoms with Crippen LogP contribution in [0.3, 0.4) is 0 Å². The van der Waals surface area contributed by atoms with Gasteiger partial charge in [0, 0.05) is 18.5 Å². The van der Waals surface area contributed by atoms with Crippen LogP contribution < -0.4 is 5.73 Å². The van der Waals surface area contributed by atoms with Crippen molar-refractivity contribution < 1.29 is 13.6 Å². The maximum Gasteiger partial charge on any atom is 0.243 e. The molecule has 7 heteroatoms. The van der Waals surface area contributed by atoms with Crippen LogP contribution in [-0.2, 0) is 10.0 Å². The summed E-state index contributed by atoms with van der Waals surface area (Å²) in [5.74, 6) is 0.161. The number of nitrogens with two attached hydrogens (primary N) is 1. The molecule has 0 unspecified atom stereocenters. The van der Waals surface area contributed by atoms with Crippen molar-refractivity contribution >= 4 is 15.9 Å². The highest BCUT2D eigenvalue weighted by molar-refractivity contribution is 7.89. The number of hydrogen-bond acceptors (Lipinski definition) is 4. The number of nitrogens with zero attached hydrogens (tertiary/aromatic N) is 2. The SMILES string of the molecule is CC1(/C(N)=N/O)CCN(S(=O)(=O)c2ccccc2)CC1. The predicted octanol–water partition coefficient (Wildman–Crippen LogP) is 1.22. The van der Waals surface area contributed by atoms with E-state index in [0.29, 0.717) is 30.8 Å². The van der Waals surface area contributed by atoms with Gasteiger partial charge in [0.25, 0.3) is 0 Å². The van der Waals surface area contributed by atoms with Crippen LogP contribution in [0.4, 0.5) is 0 Å². The summed E-state index contributed by atoms with van der Waals surface area (Å²) in [6.45, 7) is 2.61. The topological polar surface area (TPSA) is 96.0 Å². The van der Waals surface area contributed by atoms with Crippen LogP contribution in [0.1, 0.15) is 19.8 Å². The molecule has 0 saturated carbocycles. The largest absolute Gasteiger partial charge is 0.409 e. The molecule has 1 saturated heterocycles. The molecular weight excluding hydrogens is 278 g/mol. The smallest absolute Gasteiger partial charge is 0.243 e. The molecule has 0 aliphatic carbocycles. The van der Waals surface area contributed by atoms with Crippen molar-refractivity contribution in [1.29, 1.82) is 0 Å².